The molecule has 108 valence electrons. The molecule has 0 aliphatic carbocycles. The van der Waals surface area contributed by atoms with Gasteiger partial charge in [0, 0.05) is 16.6 Å². The van der Waals surface area contributed by atoms with Crippen LogP contribution in [0.5, 0.6) is 5.75 Å². The summed E-state index contributed by atoms with van der Waals surface area (Å²) in [7, 11) is 0. The molecule has 6 heteroatoms. The average Bonchev–Trinajstić information content (AvgIpc) is 2.45. The average molecular weight is 296 g/mol. The Kier molecular flexibility index (Phi) is 6.85. The number of halogens is 1. The van der Waals surface area contributed by atoms with Crippen LogP contribution in [0.1, 0.15) is 18.9 Å². The number of nitriles is 1. The van der Waals surface area contributed by atoms with E-state index in [1.165, 1.54) is 0 Å². The molecule has 0 aromatic heterocycles. The molecule has 20 heavy (non-hydrogen) atoms. The maximum Gasteiger partial charge on any atom is 0.258 e. The van der Waals surface area contributed by atoms with E-state index in [0.29, 0.717) is 17.2 Å². The highest BCUT2D eigenvalue weighted by molar-refractivity contribution is 6.31. The van der Waals surface area contributed by atoms with E-state index in [1.807, 2.05) is 13.0 Å². The predicted octanol–water partition coefficient (Wildman–Crippen LogP) is 1.64. The van der Waals surface area contributed by atoms with Gasteiger partial charge in [-0.25, -0.2) is 0 Å². The zero-order valence-electron chi connectivity index (χ0n) is 11.4. The molecule has 0 radical (unpaired) electrons. The Labute approximate surface area is 123 Å². The smallest absolute Gasteiger partial charge is 0.258 e. The fourth-order valence-electron chi connectivity index (χ4n) is 1.61. The van der Waals surface area contributed by atoms with Crippen LogP contribution in [-0.2, 0) is 11.2 Å². The summed E-state index contributed by atoms with van der Waals surface area (Å²) in [6.45, 7) is 1.80. The molecule has 1 amide bonds. The first-order valence-electron chi connectivity index (χ1n) is 6.37. The van der Waals surface area contributed by atoms with Crippen LogP contribution in [-0.4, -0.2) is 25.1 Å². The van der Waals surface area contributed by atoms with E-state index in [1.54, 1.807) is 18.2 Å². The van der Waals surface area contributed by atoms with Crippen molar-refractivity contribution in [1.82, 2.24) is 5.32 Å². The van der Waals surface area contributed by atoms with Crippen LogP contribution >= 0.6 is 11.6 Å². The van der Waals surface area contributed by atoms with Crippen LogP contribution in [0.2, 0.25) is 5.02 Å². The van der Waals surface area contributed by atoms with Gasteiger partial charge < -0.3 is 15.8 Å². The van der Waals surface area contributed by atoms with Gasteiger partial charge in [-0.15, -0.1) is 0 Å². The van der Waals surface area contributed by atoms with Crippen molar-refractivity contribution in [3.8, 4) is 11.8 Å². The van der Waals surface area contributed by atoms with Gasteiger partial charge in [0.1, 0.15) is 12.3 Å². The molecule has 0 spiro atoms. The summed E-state index contributed by atoms with van der Waals surface area (Å²) in [5.41, 5.74) is 6.74. The first-order valence-corrected chi connectivity index (χ1v) is 6.75. The number of amides is 1. The van der Waals surface area contributed by atoms with E-state index in [-0.39, 0.29) is 25.1 Å². The summed E-state index contributed by atoms with van der Waals surface area (Å²) in [5.74, 6) is 0.200. The zero-order chi connectivity index (χ0) is 15.0. The standard InChI is InChI=1S/C14H18ClN3O2/c1-2-10(17)8-11-12(15)4-3-5-13(11)20-9-14(19)18-7-6-16/h3-5,10H,2,7-9,17H2,1H3,(H,18,19). The fraction of sp³-hybridized carbons (Fsp3) is 0.429. The number of nitrogens with zero attached hydrogens (tertiary/aromatic N) is 1. The summed E-state index contributed by atoms with van der Waals surface area (Å²) in [5, 5.41) is 11.3. The lowest BCUT2D eigenvalue weighted by molar-refractivity contribution is -0.122. The van der Waals surface area contributed by atoms with Gasteiger partial charge in [0.2, 0.25) is 0 Å². The minimum Gasteiger partial charge on any atom is -0.483 e. The van der Waals surface area contributed by atoms with E-state index in [0.717, 1.165) is 12.0 Å². The SMILES string of the molecule is CCC(N)Cc1c(Cl)cccc1OCC(=O)NCC#N. The predicted molar refractivity (Wildman–Crippen MR) is 77.5 cm³/mol. The van der Waals surface area contributed by atoms with E-state index in [4.69, 9.17) is 27.3 Å². The Balaban J connectivity index is 2.72. The first-order chi connectivity index (χ1) is 9.58. The topological polar surface area (TPSA) is 88.1 Å². The van der Waals surface area contributed by atoms with Crippen molar-refractivity contribution in [2.24, 2.45) is 5.73 Å². The Bertz CT molecular complexity index is 500. The monoisotopic (exact) mass is 295 g/mol. The zero-order valence-corrected chi connectivity index (χ0v) is 12.1. The Morgan fingerprint density at radius 1 is 1.60 bits per heavy atom. The summed E-state index contributed by atoms with van der Waals surface area (Å²) < 4.78 is 5.46. The molecule has 1 aromatic carbocycles. The molecule has 1 aromatic rings. The second-order valence-electron chi connectivity index (χ2n) is 4.31. The van der Waals surface area contributed by atoms with Gasteiger partial charge in [-0.1, -0.05) is 24.6 Å². The number of rotatable bonds is 7. The second-order valence-corrected chi connectivity index (χ2v) is 4.72. The summed E-state index contributed by atoms with van der Waals surface area (Å²) in [4.78, 5) is 11.4. The number of carbonyl (C=O) groups excluding carboxylic acids is 1. The molecule has 1 rings (SSSR count). The van der Waals surface area contributed by atoms with Crippen molar-refractivity contribution in [2.45, 2.75) is 25.8 Å². The largest absolute Gasteiger partial charge is 0.483 e. The third-order valence-corrected chi connectivity index (χ3v) is 3.14. The molecule has 1 atom stereocenters. The van der Waals surface area contributed by atoms with Crippen LogP contribution in [0.4, 0.5) is 0 Å². The lowest BCUT2D eigenvalue weighted by Crippen LogP contribution is -2.29. The first kappa shape index (κ1) is 16.3. The highest BCUT2D eigenvalue weighted by Crippen LogP contribution is 2.27. The number of ether oxygens (including phenoxy) is 1. The Hall–Kier alpha value is -1.77. The number of hydrogen-bond donors (Lipinski definition) is 2. The van der Waals surface area contributed by atoms with Crippen LogP contribution in [0.15, 0.2) is 18.2 Å². The van der Waals surface area contributed by atoms with Crippen LogP contribution in [0.3, 0.4) is 0 Å². The van der Waals surface area contributed by atoms with Crippen molar-refractivity contribution in [2.75, 3.05) is 13.2 Å². The van der Waals surface area contributed by atoms with Crippen molar-refractivity contribution in [1.29, 1.82) is 5.26 Å². The van der Waals surface area contributed by atoms with E-state index >= 15 is 0 Å². The fourth-order valence-corrected chi connectivity index (χ4v) is 1.85. The molecule has 0 bridgehead atoms. The van der Waals surface area contributed by atoms with Crippen molar-refractivity contribution >= 4 is 17.5 Å². The molecule has 0 aliphatic rings. The Morgan fingerprint density at radius 3 is 3.00 bits per heavy atom. The maximum atomic E-state index is 11.4. The number of benzene rings is 1. The molecule has 0 aliphatic heterocycles. The lowest BCUT2D eigenvalue weighted by atomic mass is 10.0. The van der Waals surface area contributed by atoms with Gasteiger partial charge in [0.25, 0.3) is 5.91 Å². The molecule has 0 saturated carbocycles. The molecular formula is C14H18ClN3O2. The molecule has 5 nitrogen and oxygen atoms in total. The number of carbonyl (C=O) groups is 1. The summed E-state index contributed by atoms with van der Waals surface area (Å²) >= 11 is 6.15. The highest BCUT2D eigenvalue weighted by Gasteiger charge is 2.13. The molecule has 0 fully saturated rings. The van der Waals surface area contributed by atoms with Crippen LogP contribution in [0, 0.1) is 11.3 Å². The van der Waals surface area contributed by atoms with Gasteiger partial charge in [0.05, 0.1) is 6.07 Å². The quantitative estimate of drug-likeness (QED) is 0.749. The highest BCUT2D eigenvalue weighted by atomic mass is 35.5. The third kappa shape index (κ3) is 5.08. The third-order valence-electron chi connectivity index (χ3n) is 2.79. The minimum atomic E-state index is -0.350. The number of nitrogens with two attached hydrogens (primary N) is 1. The van der Waals surface area contributed by atoms with Gasteiger partial charge in [-0.2, -0.15) is 5.26 Å². The van der Waals surface area contributed by atoms with Crippen molar-refractivity contribution in [3.05, 3.63) is 28.8 Å². The molecule has 0 heterocycles. The molecule has 1 unspecified atom stereocenters. The number of hydrogen-bond acceptors (Lipinski definition) is 4. The van der Waals surface area contributed by atoms with Gasteiger partial charge in [0.15, 0.2) is 6.61 Å². The van der Waals surface area contributed by atoms with E-state index < -0.39 is 0 Å². The summed E-state index contributed by atoms with van der Waals surface area (Å²) in [6.07, 6.45) is 1.42. The minimum absolute atomic E-state index is 0.00957. The maximum absolute atomic E-state index is 11.4. The second kappa shape index (κ2) is 8.41. The van der Waals surface area contributed by atoms with Gasteiger partial charge >= 0.3 is 0 Å². The van der Waals surface area contributed by atoms with Crippen molar-refractivity contribution < 1.29 is 9.53 Å². The van der Waals surface area contributed by atoms with Crippen LogP contribution < -0.4 is 15.8 Å². The molecule has 0 saturated heterocycles. The summed E-state index contributed by atoms with van der Waals surface area (Å²) in [6, 6.07) is 7.09. The van der Waals surface area contributed by atoms with E-state index in [9.17, 15) is 4.79 Å². The normalized spacial score (nSPS) is 11.5. The number of nitrogens with one attached hydrogen (secondary N) is 1. The van der Waals surface area contributed by atoms with Crippen LogP contribution in [0.25, 0.3) is 0 Å². The molecular weight excluding hydrogens is 278 g/mol. The van der Waals surface area contributed by atoms with E-state index in [2.05, 4.69) is 5.32 Å². The van der Waals surface area contributed by atoms with Gasteiger partial charge in [-0.3, -0.25) is 4.79 Å². The Morgan fingerprint density at radius 2 is 2.35 bits per heavy atom. The molecule has 3 N–H and O–H groups in total. The van der Waals surface area contributed by atoms with Gasteiger partial charge in [-0.05, 0) is 25.0 Å². The lowest BCUT2D eigenvalue weighted by Gasteiger charge is -2.15. The van der Waals surface area contributed by atoms with Crippen molar-refractivity contribution in [3.63, 3.8) is 0 Å².